The molecule has 170 valence electrons. The summed E-state index contributed by atoms with van der Waals surface area (Å²) in [6.45, 7) is 0.740. The number of carbonyl (C=O) groups excluding carboxylic acids is 2. The third-order valence-corrected chi connectivity index (χ3v) is 5.94. The summed E-state index contributed by atoms with van der Waals surface area (Å²) in [6, 6.07) is 12.9. The van der Waals surface area contributed by atoms with Crippen molar-refractivity contribution < 1.29 is 18.4 Å². The second-order valence-corrected chi connectivity index (χ2v) is 8.28. The molecule has 0 saturated carbocycles. The Bertz CT molecular complexity index is 1180. The highest BCUT2D eigenvalue weighted by atomic mass is 19.1. The summed E-state index contributed by atoms with van der Waals surface area (Å²) >= 11 is 0. The number of nitrogens with zero attached hydrogens (tertiary/aromatic N) is 2. The number of pyridine rings is 1. The summed E-state index contributed by atoms with van der Waals surface area (Å²) in [5.41, 5.74) is 9.28. The Labute approximate surface area is 191 Å². The van der Waals surface area contributed by atoms with Gasteiger partial charge in [-0.1, -0.05) is 12.1 Å². The van der Waals surface area contributed by atoms with E-state index < -0.39 is 17.5 Å². The first-order valence-electron chi connectivity index (χ1n) is 11.0. The third kappa shape index (κ3) is 5.42. The highest BCUT2D eigenvalue weighted by molar-refractivity contribution is 5.94. The third-order valence-electron chi connectivity index (χ3n) is 5.94. The van der Waals surface area contributed by atoms with Crippen LogP contribution >= 0.6 is 0 Å². The molecule has 2 heterocycles. The van der Waals surface area contributed by atoms with Crippen LogP contribution in [0.15, 0.2) is 54.7 Å². The number of aryl methyl sites for hydroxylation is 2. The van der Waals surface area contributed by atoms with E-state index in [1.54, 1.807) is 6.07 Å². The summed E-state index contributed by atoms with van der Waals surface area (Å²) < 4.78 is 27.5. The smallest absolute Gasteiger partial charge is 0.250 e. The van der Waals surface area contributed by atoms with Crippen molar-refractivity contribution in [3.63, 3.8) is 0 Å². The summed E-state index contributed by atoms with van der Waals surface area (Å²) in [4.78, 5) is 30.2. The van der Waals surface area contributed by atoms with Gasteiger partial charge in [0.1, 0.15) is 11.6 Å². The van der Waals surface area contributed by atoms with Gasteiger partial charge in [0.2, 0.25) is 5.91 Å². The number of hydrogen-bond acceptors (Lipinski definition) is 3. The number of halogens is 2. The van der Waals surface area contributed by atoms with Crippen molar-refractivity contribution in [2.45, 2.75) is 38.5 Å². The molecule has 2 aromatic carbocycles. The number of aromatic nitrogens is 1. The van der Waals surface area contributed by atoms with Crippen molar-refractivity contribution in [1.29, 1.82) is 0 Å². The summed E-state index contributed by atoms with van der Waals surface area (Å²) in [7, 11) is 0. The molecule has 1 saturated heterocycles. The highest BCUT2D eigenvalue weighted by Gasteiger charge is 2.19. The average Bonchev–Trinajstić information content (AvgIpc) is 2.80. The van der Waals surface area contributed by atoms with Gasteiger partial charge in [-0.25, -0.2) is 8.78 Å². The lowest BCUT2D eigenvalue weighted by Crippen LogP contribution is -2.35. The molecule has 3 aromatic rings. The quantitative estimate of drug-likeness (QED) is 0.583. The Morgan fingerprint density at radius 2 is 1.76 bits per heavy atom. The van der Waals surface area contributed by atoms with E-state index >= 15 is 0 Å². The molecule has 2 N–H and O–H groups in total. The SMILES string of the molecule is NC(=O)c1cnc(Cc2ccc(N3CCCCC3=O)cc2)cc1CCc1cc(F)ccc1F. The predicted molar refractivity (Wildman–Crippen MR) is 122 cm³/mol. The summed E-state index contributed by atoms with van der Waals surface area (Å²) in [5.74, 6) is -1.46. The number of benzene rings is 2. The fraction of sp³-hybridized carbons (Fsp3) is 0.269. The maximum Gasteiger partial charge on any atom is 0.250 e. The predicted octanol–water partition coefficient (Wildman–Crippen LogP) is 4.35. The molecule has 4 rings (SSSR count). The standard InChI is InChI=1S/C26H25F2N3O2/c27-20-8-11-24(28)19(14-20)7-6-18-15-21(30-16-23(18)26(29)33)13-17-4-9-22(10-5-17)31-12-2-1-3-25(31)32/h4-5,8-11,14-16H,1-3,6-7,12-13H2,(H2,29,33). The van der Waals surface area contributed by atoms with Crippen LogP contribution < -0.4 is 10.6 Å². The second-order valence-electron chi connectivity index (χ2n) is 8.28. The molecular weight excluding hydrogens is 424 g/mol. The molecule has 0 radical (unpaired) electrons. The number of amides is 2. The number of carbonyl (C=O) groups is 2. The molecule has 2 amide bonds. The van der Waals surface area contributed by atoms with E-state index in [0.717, 1.165) is 54.5 Å². The van der Waals surface area contributed by atoms with E-state index in [1.165, 1.54) is 6.20 Å². The normalized spacial score (nSPS) is 13.9. The van der Waals surface area contributed by atoms with Gasteiger partial charge in [-0.3, -0.25) is 14.6 Å². The first kappa shape index (κ1) is 22.6. The van der Waals surface area contributed by atoms with Gasteiger partial charge >= 0.3 is 0 Å². The molecule has 1 aliphatic heterocycles. The molecule has 1 aromatic heterocycles. The van der Waals surface area contributed by atoms with Crippen molar-refractivity contribution in [2.75, 3.05) is 11.4 Å². The van der Waals surface area contributed by atoms with E-state index in [2.05, 4.69) is 4.98 Å². The fourth-order valence-corrected chi connectivity index (χ4v) is 4.16. The van der Waals surface area contributed by atoms with Gasteiger partial charge < -0.3 is 10.6 Å². The van der Waals surface area contributed by atoms with Crippen LogP contribution in [0, 0.1) is 11.6 Å². The first-order valence-corrected chi connectivity index (χ1v) is 11.0. The zero-order chi connectivity index (χ0) is 23.4. The number of hydrogen-bond donors (Lipinski definition) is 1. The number of anilines is 1. The minimum Gasteiger partial charge on any atom is -0.366 e. The Morgan fingerprint density at radius 3 is 2.48 bits per heavy atom. The van der Waals surface area contributed by atoms with Crippen molar-refractivity contribution in [2.24, 2.45) is 5.73 Å². The lowest BCUT2D eigenvalue weighted by molar-refractivity contribution is -0.119. The van der Waals surface area contributed by atoms with Gasteiger partial charge in [-0.15, -0.1) is 0 Å². The van der Waals surface area contributed by atoms with Crippen molar-refractivity contribution in [3.05, 3.63) is 94.3 Å². The maximum absolute atomic E-state index is 14.0. The molecule has 5 nitrogen and oxygen atoms in total. The van der Waals surface area contributed by atoms with Gasteiger partial charge in [-0.2, -0.15) is 0 Å². The number of primary amides is 1. The summed E-state index contributed by atoms with van der Waals surface area (Å²) in [5, 5.41) is 0. The molecule has 7 heteroatoms. The van der Waals surface area contributed by atoms with Crippen LogP contribution in [0.1, 0.15) is 52.0 Å². The van der Waals surface area contributed by atoms with Crippen LogP contribution in [0.25, 0.3) is 0 Å². The van der Waals surface area contributed by atoms with Crippen LogP contribution in [-0.4, -0.2) is 23.3 Å². The minimum atomic E-state index is -0.612. The Balaban J connectivity index is 1.50. The van der Waals surface area contributed by atoms with Gasteiger partial charge in [0.05, 0.1) is 5.56 Å². The van der Waals surface area contributed by atoms with E-state index in [0.29, 0.717) is 24.8 Å². The summed E-state index contributed by atoms with van der Waals surface area (Å²) in [6.07, 6.45) is 5.04. The lowest BCUT2D eigenvalue weighted by Gasteiger charge is -2.26. The molecule has 0 bridgehead atoms. The average molecular weight is 450 g/mol. The molecule has 1 fully saturated rings. The molecule has 33 heavy (non-hydrogen) atoms. The largest absolute Gasteiger partial charge is 0.366 e. The zero-order valence-electron chi connectivity index (χ0n) is 18.2. The molecule has 0 aliphatic carbocycles. The topological polar surface area (TPSA) is 76.3 Å². The molecule has 0 atom stereocenters. The zero-order valence-corrected chi connectivity index (χ0v) is 18.2. The number of rotatable bonds is 7. The van der Waals surface area contributed by atoms with Gasteiger partial charge in [0.15, 0.2) is 0 Å². The maximum atomic E-state index is 14.0. The molecular formula is C26H25F2N3O2. The first-order chi connectivity index (χ1) is 15.9. The second kappa shape index (κ2) is 9.90. The van der Waals surface area contributed by atoms with Gasteiger partial charge in [-0.05, 0) is 78.8 Å². The van der Waals surface area contributed by atoms with Crippen LogP contribution in [0.4, 0.5) is 14.5 Å². The van der Waals surface area contributed by atoms with Crippen LogP contribution in [0.3, 0.4) is 0 Å². The number of piperidine rings is 1. The van der Waals surface area contributed by atoms with E-state index in [-0.39, 0.29) is 23.5 Å². The van der Waals surface area contributed by atoms with Gasteiger partial charge in [0, 0.05) is 37.0 Å². The van der Waals surface area contributed by atoms with Crippen LogP contribution in [0.2, 0.25) is 0 Å². The fourth-order valence-electron chi connectivity index (χ4n) is 4.16. The molecule has 0 spiro atoms. The van der Waals surface area contributed by atoms with Crippen LogP contribution in [0.5, 0.6) is 0 Å². The monoisotopic (exact) mass is 449 g/mol. The molecule has 0 unspecified atom stereocenters. The molecule has 1 aliphatic rings. The lowest BCUT2D eigenvalue weighted by atomic mass is 9.98. The Kier molecular flexibility index (Phi) is 6.77. The van der Waals surface area contributed by atoms with E-state index in [4.69, 9.17) is 5.73 Å². The van der Waals surface area contributed by atoms with Crippen LogP contribution in [-0.2, 0) is 24.1 Å². The Morgan fingerprint density at radius 1 is 1.00 bits per heavy atom. The van der Waals surface area contributed by atoms with Gasteiger partial charge in [0.25, 0.3) is 5.91 Å². The van der Waals surface area contributed by atoms with Crippen molar-refractivity contribution in [1.82, 2.24) is 4.98 Å². The van der Waals surface area contributed by atoms with E-state index in [1.807, 2.05) is 29.2 Å². The number of nitrogens with two attached hydrogens (primary N) is 1. The van der Waals surface area contributed by atoms with Crippen molar-refractivity contribution in [3.8, 4) is 0 Å². The van der Waals surface area contributed by atoms with Crippen molar-refractivity contribution >= 4 is 17.5 Å². The minimum absolute atomic E-state index is 0.150. The highest BCUT2D eigenvalue weighted by Crippen LogP contribution is 2.23. The Hall–Kier alpha value is -3.61. The van der Waals surface area contributed by atoms with E-state index in [9.17, 15) is 18.4 Å².